The number of hydrogen-bond acceptors (Lipinski definition) is 4. The van der Waals surface area contributed by atoms with Crippen LogP contribution in [0, 0.1) is 0 Å². The second-order valence-electron chi connectivity index (χ2n) is 5.32. The Balaban J connectivity index is 1.65. The fourth-order valence-corrected chi connectivity index (χ4v) is 2.62. The van der Waals surface area contributed by atoms with Gasteiger partial charge in [-0.3, -0.25) is 9.67 Å². The average Bonchev–Trinajstić information content (AvgIpc) is 2.95. The second kappa shape index (κ2) is 6.57. The Hall–Kier alpha value is -2.41. The summed E-state index contributed by atoms with van der Waals surface area (Å²) in [5.41, 5.74) is 1.69. The zero-order chi connectivity index (χ0) is 15.4. The van der Waals surface area contributed by atoms with Crippen molar-refractivity contribution in [2.75, 3.05) is 11.9 Å². The number of carbonyl (C=O) groups is 1. The van der Waals surface area contributed by atoms with E-state index in [1.54, 1.807) is 35.4 Å². The van der Waals surface area contributed by atoms with Crippen molar-refractivity contribution in [3.63, 3.8) is 0 Å². The summed E-state index contributed by atoms with van der Waals surface area (Å²) >= 11 is 0. The first-order chi connectivity index (χ1) is 10.7. The molecule has 7 heteroatoms. The lowest BCUT2D eigenvalue weighted by molar-refractivity contribution is -0.00700. The van der Waals surface area contributed by atoms with Crippen molar-refractivity contribution in [2.24, 2.45) is 7.05 Å². The van der Waals surface area contributed by atoms with Gasteiger partial charge in [0.25, 0.3) is 0 Å². The van der Waals surface area contributed by atoms with E-state index in [0.717, 1.165) is 18.4 Å². The number of aryl methyl sites for hydroxylation is 1. The number of urea groups is 1. The highest BCUT2D eigenvalue weighted by Crippen LogP contribution is 2.28. The van der Waals surface area contributed by atoms with Crippen LogP contribution in [0.25, 0.3) is 0 Å². The van der Waals surface area contributed by atoms with Crippen molar-refractivity contribution < 1.29 is 9.53 Å². The molecule has 3 heterocycles. The van der Waals surface area contributed by atoms with Crippen LogP contribution in [0.3, 0.4) is 0 Å². The van der Waals surface area contributed by atoms with E-state index in [2.05, 4.69) is 20.7 Å². The predicted molar refractivity (Wildman–Crippen MR) is 81.3 cm³/mol. The number of nitrogens with zero attached hydrogens (tertiary/aromatic N) is 3. The molecule has 2 aromatic rings. The monoisotopic (exact) mass is 301 g/mol. The molecule has 1 fully saturated rings. The number of pyridine rings is 1. The number of hydrogen-bond donors (Lipinski definition) is 2. The maximum Gasteiger partial charge on any atom is 0.319 e. The van der Waals surface area contributed by atoms with E-state index >= 15 is 0 Å². The first-order valence-electron chi connectivity index (χ1n) is 7.30. The van der Waals surface area contributed by atoms with Gasteiger partial charge in [-0.15, -0.1) is 0 Å². The molecule has 0 aliphatic carbocycles. The number of rotatable bonds is 3. The van der Waals surface area contributed by atoms with Crippen molar-refractivity contribution in [2.45, 2.75) is 25.0 Å². The highest BCUT2D eigenvalue weighted by atomic mass is 16.5. The number of aromatic nitrogens is 3. The average molecular weight is 301 g/mol. The first kappa shape index (κ1) is 14.5. The van der Waals surface area contributed by atoms with Crippen LogP contribution < -0.4 is 10.6 Å². The number of anilines is 1. The van der Waals surface area contributed by atoms with Gasteiger partial charge in [0.05, 0.1) is 12.2 Å². The molecule has 2 aromatic heterocycles. The fraction of sp³-hybridized carbons (Fsp3) is 0.400. The molecule has 0 aromatic carbocycles. The van der Waals surface area contributed by atoms with Crippen LogP contribution in [0.5, 0.6) is 0 Å². The molecular weight excluding hydrogens is 282 g/mol. The Morgan fingerprint density at radius 2 is 2.23 bits per heavy atom. The molecule has 0 spiro atoms. The van der Waals surface area contributed by atoms with Crippen molar-refractivity contribution in [1.29, 1.82) is 0 Å². The van der Waals surface area contributed by atoms with Gasteiger partial charge in [0.15, 0.2) is 0 Å². The number of ether oxygens (including phenoxy) is 1. The third kappa shape index (κ3) is 3.43. The molecule has 1 aliphatic rings. The Kier molecular flexibility index (Phi) is 4.34. The maximum atomic E-state index is 12.1. The van der Waals surface area contributed by atoms with Gasteiger partial charge in [-0.05, 0) is 25.0 Å². The second-order valence-corrected chi connectivity index (χ2v) is 5.32. The predicted octanol–water partition coefficient (Wildman–Crippen LogP) is 1.86. The minimum absolute atomic E-state index is 0.0696. The zero-order valence-electron chi connectivity index (χ0n) is 12.4. The van der Waals surface area contributed by atoms with Gasteiger partial charge in [0, 0.05) is 43.5 Å². The van der Waals surface area contributed by atoms with Gasteiger partial charge in [-0.2, -0.15) is 5.10 Å². The Morgan fingerprint density at radius 3 is 2.95 bits per heavy atom. The molecular formula is C15H19N5O2. The molecule has 3 rings (SSSR count). The number of carbonyl (C=O) groups excluding carboxylic acids is 1. The van der Waals surface area contributed by atoms with Crippen LogP contribution in [-0.2, 0) is 11.8 Å². The van der Waals surface area contributed by atoms with E-state index in [1.807, 2.05) is 13.2 Å². The summed E-state index contributed by atoms with van der Waals surface area (Å²) in [6, 6.07) is 3.18. The first-order valence-corrected chi connectivity index (χ1v) is 7.30. The topological polar surface area (TPSA) is 81.1 Å². The molecule has 2 amide bonds. The van der Waals surface area contributed by atoms with E-state index in [0.29, 0.717) is 12.3 Å². The van der Waals surface area contributed by atoms with Crippen LogP contribution in [0.4, 0.5) is 10.5 Å². The molecule has 0 saturated carbocycles. The third-order valence-corrected chi connectivity index (χ3v) is 3.63. The summed E-state index contributed by atoms with van der Waals surface area (Å²) in [6.07, 6.45) is 8.62. The largest absolute Gasteiger partial charge is 0.371 e. The molecule has 2 N–H and O–H groups in total. The van der Waals surface area contributed by atoms with Gasteiger partial charge in [-0.25, -0.2) is 4.79 Å². The van der Waals surface area contributed by atoms with E-state index in [4.69, 9.17) is 4.74 Å². The lowest BCUT2D eigenvalue weighted by Gasteiger charge is -2.31. The highest BCUT2D eigenvalue weighted by Gasteiger charge is 2.29. The molecule has 0 bridgehead atoms. The Labute approximate surface area is 128 Å². The van der Waals surface area contributed by atoms with Gasteiger partial charge >= 0.3 is 6.03 Å². The molecule has 0 unspecified atom stereocenters. The molecule has 0 radical (unpaired) electrons. The summed E-state index contributed by atoms with van der Waals surface area (Å²) in [7, 11) is 1.87. The standard InChI is InChI=1S/C15H19N5O2/c1-20-10-11(9-17-20)14-13(3-2-8-22-14)19-15(21)18-12-4-6-16-7-5-12/h4-7,9-10,13-14H,2-3,8H2,1H3,(H2,16,18,19,21)/t13-,14+/m0/s1. The molecule has 22 heavy (non-hydrogen) atoms. The number of nitrogens with one attached hydrogen (secondary N) is 2. The Morgan fingerprint density at radius 1 is 1.41 bits per heavy atom. The molecule has 1 aliphatic heterocycles. The van der Waals surface area contributed by atoms with Crippen molar-refractivity contribution >= 4 is 11.7 Å². The summed E-state index contributed by atoms with van der Waals surface area (Å²) < 4.78 is 7.57. The molecule has 1 saturated heterocycles. The van der Waals surface area contributed by atoms with E-state index < -0.39 is 0 Å². The van der Waals surface area contributed by atoms with Crippen molar-refractivity contribution in [3.8, 4) is 0 Å². The smallest absolute Gasteiger partial charge is 0.319 e. The Bertz CT molecular complexity index is 628. The van der Waals surface area contributed by atoms with Gasteiger partial charge in [0.1, 0.15) is 6.10 Å². The quantitative estimate of drug-likeness (QED) is 0.906. The highest BCUT2D eigenvalue weighted by molar-refractivity contribution is 5.89. The van der Waals surface area contributed by atoms with Crippen LogP contribution in [0.2, 0.25) is 0 Å². The fourth-order valence-electron chi connectivity index (χ4n) is 2.62. The zero-order valence-corrected chi connectivity index (χ0v) is 12.4. The minimum Gasteiger partial charge on any atom is -0.371 e. The molecule has 116 valence electrons. The van der Waals surface area contributed by atoms with Gasteiger partial charge in [0.2, 0.25) is 0 Å². The maximum absolute atomic E-state index is 12.1. The number of amides is 2. The van der Waals surface area contributed by atoms with Crippen molar-refractivity contribution in [3.05, 3.63) is 42.5 Å². The SMILES string of the molecule is Cn1cc([C@H]2OCCC[C@@H]2NC(=O)Nc2ccncc2)cn1. The van der Waals surface area contributed by atoms with Crippen LogP contribution in [0.15, 0.2) is 36.9 Å². The van der Waals surface area contributed by atoms with E-state index in [9.17, 15) is 4.79 Å². The molecule has 7 nitrogen and oxygen atoms in total. The van der Waals surface area contributed by atoms with Gasteiger partial charge in [-0.1, -0.05) is 0 Å². The molecule has 2 atom stereocenters. The van der Waals surface area contributed by atoms with Gasteiger partial charge < -0.3 is 15.4 Å². The summed E-state index contributed by atoms with van der Waals surface area (Å²) in [6.45, 7) is 0.698. The lowest BCUT2D eigenvalue weighted by Crippen LogP contribution is -2.44. The summed E-state index contributed by atoms with van der Waals surface area (Å²) in [5.74, 6) is 0. The van der Waals surface area contributed by atoms with Crippen LogP contribution in [-0.4, -0.2) is 33.4 Å². The van der Waals surface area contributed by atoms with E-state index in [1.165, 1.54) is 0 Å². The van der Waals surface area contributed by atoms with Crippen molar-refractivity contribution in [1.82, 2.24) is 20.1 Å². The third-order valence-electron chi connectivity index (χ3n) is 3.63. The van der Waals surface area contributed by atoms with Crippen LogP contribution >= 0.6 is 0 Å². The summed E-state index contributed by atoms with van der Waals surface area (Å²) in [4.78, 5) is 16.1. The lowest BCUT2D eigenvalue weighted by atomic mass is 9.98. The summed E-state index contributed by atoms with van der Waals surface area (Å²) in [5, 5.41) is 9.97. The van der Waals surface area contributed by atoms with E-state index in [-0.39, 0.29) is 18.2 Å². The van der Waals surface area contributed by atoms with Crippen LogP contribution in [0.1, 0.15) is 24.5 Å². The normalized spacial score (nSPS) is 21.3. The minimum atomic E-state index is -0.240.